The Morgan fingerprint density at radius 3 is 2.76 bits per heavy atom. The van der Waals surface area contributed by atoms with Gasteiger partial charge in [-0.15, -0.1) is 0 Å². The SMILES string of the molecule is Cc1cc2c(c(CC(C)N)c1C)NC(=O)CC2. The molecular formula is C14H20N2O. The molecule has 3 heteroatoms. The van der Waals surface area contributed by atoms with Crippen LogP contribution in [0.25, 0.3) is 0 Å². The Morgan fingerprint density at radius 2 is 2.12 bits per heavy atom. The fourth-order valence-corrected chi connectivity index (χ4v) is 2.44. The number of hydrogen-bond donors (Lipinski definition) is 2. The minimum atomic E-state index is 0.110. The van der Waals surface area contributed by atoms with Crippen molar-refractivity contribution in [3.05, 3.63) is 28.3 Å². The van der Waals surface area contributed by atoms with Gasteiger partial charge in [-0.1, -0.05) is 6.07 Å². The molecule has 0 bridgehead atoms. The van der Waals surface area contributed by atoms with Crippen molar-refractivity contribution in [2.24, 2.45) is 5.73 Å². The van der Waals surface area contributed by atoms with E-state index in [9.17, 15) is 4.79 Å². The predicted octanol–water partition coefficient (Wildman–Crippen LogP) is 2.08. The van der Waals surface area contributed by atoms with Gasteiger partial charge in [-0.05, 0) is 55.9 Å². The lowest BCUT2D eigenvalue weighted by Crippen LogP contribution is -2.24. The van der Waals surface area contributed by atoms with Gasteiger partial charge in [0.15, 0.2) is 0 Å². The molecule has 1 unspecified atom stereocenters. The lowest BCUT2D eigenvalue weighted by atomic mass is 9.89. The van der Waals surface area contributed by atoms with Gasteiger partial charge in [0.05, 0.1) is 0 Å². The number of amides is 1. The highest BCUT2D eigenvalue weighted by Gasteiger charge is 2.20. The third-order valence-electron chi connectivity index (χ3n) is 3.47. The largest absolute Gasteiger partial charge is 0.328 e. The van der Waals surface area contributed by atoms with Crippen LogP contribution in [-0.4, -0.2) is 11.9 Å². The number of aryl methyl sites for hydroxylation is 2. The van der Waals surface area contributed by atoms with Gasteiger partial charge < -0.3 is 11.1 Å². The average Bonchev–Trinajstić information content (AvgIpc) is 2.25. The van der Waals surface area contributed by atoms with E-state index >= 15 is 0 Å². The van der Waals surface area contributed by atoms with Gasteiger partial charge in [0.1, 0.15) is 0 Å². The number of hydrogen-bond acceptors (Lipinski definition) is 2. The molecule has 0 saturated carbocycles. The molecule has 1 atom stereocenters. The van der Waals surface area contributed by atoms with Crippen molar-refractivity contribution >= 4 is 11.6 Å². The first kappa shape index (κ1) is 12.1. The van der Waals surface area contributed by atoms with Gasteiger partial charge >= 0.3 is 0 Å². The number of carbonyl (C=O) groups is 1. The first-order valence-electron chi connectivity index (χ1n) is 6.16. The molecule has 1 aromatic rings. The topological polar surface area (TPSA) is 55.1 Å². The van der Waals surface area contributed by atoms with Crippen molar-refractivity contribution in [3.8, 4) is 0 Å². The van der Waals surface area contributed by atoms with E-state index in [0.29, 0.717) is 6.42 Å². The molecule has 0 radical (unpaired) electrons. The van der Waals surface area contributed by atoms with E-state index in [1.165, 1.54) is 22.3 Å². The highest BCUT2D eigenvalue weighted by Crippen LogP contribution is 2.32. The van der Waals surface area contributed by atoms with Crippen molar-refractivity contribution in [2.45, 2.75) is 46.1 Å². The van der Waals surface area contributed by atoms with E-state index < -0.39 is 0 Å². The number of nitrogens with one attached hydrogen (secondary N) is 1. The van der Waals surface area contributed by atoms with Gasteiger partial charge in [-0.2, -0.15) is 0 Å². The molecule has 1 aliphatic rings. The molecule has 0 spiro atoms. The van der Waals surface area contributed by atoms with Crippen molar-refractivity contribution in [2.75, 3.05) is 5.32 Å². The summed E-state index contributed by atoms with van der Waals surface area (Å²) in [6.45, 7) is 6.23. The molecular weight excluding hydrogens is 212 g/mol. The van der Waals surface area contributed by atoms with Crippen LogP contribution in [-0.2, 0) is 17.6 Å². The Balaban J connectivity index is 2.53. The van der Waals surface area contributed by atoms with E-state index in [0.717, 1.165) is 18.5 Å². The Morgan fingerprint density at radius 1 is 1.41 bits per heavy atom. The first-order valence-corrected chi connectivity index (χ1v) is 6.16. The van der Waals surface area contributed by atoms with Crippen molar-refractivity contribution in [3.63, 3.8) is 0 Å². The Labute approximate surface area is 102 Å². The van der Waals surface area contributed by atoms with E-state index in [4.69, 9.17) is 5.73 Å². The van der Waals surface area contributed by atoms with E-state index in [-0.39, 0.29) is 11.9 Å². The third-order valence-corrected chi connectivity index (χ3v) is 3.47. The molecule has 0 saturated heterocycles. The summed E-state index contributed by atoms with van der Waals surface area (Å²) in [5.41, 5.74) is 11.9. The summed E-state index contributed by atoms with van der Waals surface area (Å²) in [5.74, 6) is 0.117. The summed E-state index contributed by atoms with van der Waals surface area (Å²) < 4.78 is 0. The highest BCUT2D eigenvalue weighted by atomic mass is 16.1. The average molecular weight is 232 g/mol. The van der Waals surface area contributed by atoms with Gasteiger partial charge in [-0.25, -0.2) is 0 Å². The van der Waals surface area contributed by atoms with E-state index in [1.54, 1.807) is 0 Å². The summed E-state index contributed by atoms with van der Waals surface area (Å²) in [5, 5.41) is 3.01. The summed E-state index contributed by atoms with van der Waals surface area (Å²) >= 11 is 0. The van der Waals surface area contributed by atoms with E-state index in [1.807, 2.05) is 6.92 Å². The maximum Gasteiger partial charge on any atom is 0.224 e. The lowest BCUT2D eigenvalue weighted by molar-refractivity contribution is -0.116. The number of anilines is 1. The Hall–Kier alpha value is -1.35. The summed E-state index contributed by atoms with van der Waals surface area (Å²) in [7, 11) is 0. The third kappa shape index (κ3) is 2.34. The molecule has 92 valence electrons. The molecule has 2 rings (SSSR count). The van der Waals surface area contributed by atoms with Crippen molar-refractivity contribution in [1.82, 2.24) is 0 Å². The van der Waals surface area contributed by atoms with Crippen LogP contribution in [0.5, 0.6) is 0 Å². The smallest absolute Gasteiger partial charge is 0.224 e. The second-order valence-corrected chi connectivity index (χ2v) is 5.06. The normalized spacial score (nSPS) is 16.4. The van der Waals surface area contributed by atoms with Crippen molar-refractivity contribution < 1.29 is 4.79 Å². The molecule has 0 aliphatic carbocycles. The quantitative estimate of drug-likeness (QED) is 0.820. The molecule has 1 aliphatic heterocycles. The van der Waals surface area contributed by atoms with Crippen LogP contribution < -0.4 is 11.1 Å². The molecule has 1 heterocycles. The minimum absolute atomic E-state index is 0.110. The lowest BCUT2D eigenvalue weighted by Gasteiger charge is -2.24. The summed E-state index contributed by atoms with van der Waals surface area (Å²) in [6, 6.07) is 2.30. The maximum absolute atomic E-state index is 11.5. The highest BCUT2D eigenvalue weighted by molar-refractivity contribution is 5.95. The monoisotopic (exact) mass is 232 g/mol. The molecule has 0 aromatic heterocycles. The molecule has 1 aromatic carbocycles. The first-order chi connectivity index (χ1) is 7.99. The number of carbonyl (C=O) groups excluding carboxylic acids is 1. The van der Waals surface area contributed by atoms with Gasteiger partial charge in [0.25, 0.3) is 0 Å². The summed E-state index contributed by atoms with van der Waals surface area (Å²) in [4.78, 5) is 11.5. The summed E-state index contributed by atoms with van der Waals surface area (Å²) in [6.07, 6.45) is 2.25. The van der Waals surface area contributed by atoms with Crippen LogP contribution in [0.1, 0.15) is 35.6 Å². The molecule has 17 heavy (non-hydrogen) atoms. The van der Waals surface area contributed by atoms with Gasteiger partial charge in [0.2, 0.25) is 5.91 Å². The van der Waals surface area contributed by atoms with Gasteiger partial charge in [0, 0.05) is 18.2 Å². The maximum atomic E-state index is 11.5. The van der Waals surface area contributed by atoms with Crippen LogP contribution >= 0.6 is 0 Å². The number of nitrogens with two attached hydrogens (primary N) is 1. The van der Waals surface area contributed by atoms with Crippen LogP contribution in [0.4, 0.5) is 5.69 Å². The molecule has 0 fully saturated rings. The second kappa shape index (κ2) is 4.49. The molecule has 3 nitrogen and oxygen atoms in total. The number of benzene rings is 1. The Kier molecular flexibility index (Phi) is 3.20. The van der Waals surface area contributed by atoms with Gasteiger partial charge in [-0.3, -0.25) is 4.79 Å². The Bertz CT molecular complexity index is 464. The van der Waals surface area contributed by atoms with Crippen LogP contribution in [0.15, 0.2) is 6.07 Å². The fraction of sp³-hybridized carbons (Fsp3) is 0.500. The predicted molar refractivity (Wildman–Crippen MR) is 70.2 cm³/mol. The van der Waals surface area contributed by atoms with Crippen LogP contribution in [0.2, 0.25) is 0 Å². The minimum Gasteiger partial charge on any atom is -0.328 e. The molecule has 3 N–H and O–H groups in total. The fourth-order valence-electron chi connectivity index (χ4n) is 2.44. The second-order valence-electron chi connectivity index (χ2n) is 5.06. The molecule has 1 amide bonds. The van der Waals surface area contributed by atoms with Crippen LogP contribution in [0.3, 0.4) is 0 Å². The zero-order valence-electron chi connectivity index (χ0n) is 10.8. The number of fused-ring (bicyclic) bond motifs is 1. The van der Waals surface area contributed by atoms with Crippen LogP contribution in [0, 0.1) is 13.8 Å². The van der Waals surface area contributed by atoms with E-state index in [2.05, 4.69) is 25.2 Å². The standard InChI is InChI=1S/C14H20N2O/c1-8-6-11-4-5-13(17)16-14(11)12(10(8)3)7-9(2)15/h6,9H,4-5,7,15H2,1-3H3,(H,16,17). The number of rotatable bonds is 2. The zero-order chi connectivity index (χ0) is 12.6. The zero-order valence-corrected chi connectivity index (χ0v) is 10.8. The van der Waals surface area contributed by atoms with Crippen molar-refractivity contribution in [1.29, 1.82) is 0 Å².